The van der Waals surface area contributed by atoms with Gasteiger partial charge >= 0.3 is 0 Å². The van der Waals surface area contributed by atoms with Gasteiger partial charge in [0, 0.05) is 16.0 Å². The third-order valence-electron chi connectivity index (χ3n) is 3.11. The Morgan fingerprint density at radius 2 is 1.45 bits per heavy atom. The average molecular weight is 326 g/mol. The number of halogens is 4. The first-order chi connectivity index (χ1) is 9.56. The summed E-state index contributed by atoms with van der Waals surface area (Å²) in [6.45, 7) is 0. The molecular formula is C16H8Cl3F. The first kappa shape index (κ1) is 13.7. The summed E-state index contributed by atoms with van der Waals surface area (Å²) < 4.78 is 14.2. The third-order valence-corrected chi connectivity index (χ3v) is 3.92. The lowest BCUT2D eigenvalue weighted by Gasteiger charge is -2.10. The number of benzene rings is 3. The van der Waals surface area contributed by atoms with Crippen LogP contribution in [0.3, 0.4) is 0 Å². The van der Waals surface area contributed by atoms with Gasteiger partial charge in [0.2, 0.25) is 0 Å². The van der Waals surface area contributed by atoms with Crippen molar-refractivity contribution in [1.82, 2.24) is 0 Å². The standard InChI is InChI=1S/C16H8Cl3F/c17-11-7-13(18)16(14(19)8-11)10-5-9-3-1-2-4-12(9)15(20)6-10/h1-8H. The van der Waals surface area contributed by atoms with E-state index in [1.54, 1.807) is 24.3 Å². The van der Waals surface area contributed by atoms with Crippen molar-refractivity contribution in [2.24, 2.45) is 0 Å². The molecule has 0 radical (unpaired) electrons. The van der Waals surface area contributed by atoms with Crippen LogP contribution >= 0.6 is 34.8 Å². The summed E-state index contributed by atoms with van der Waals surface area (Å²) in [5.74, 6) is -0.305. The summed E-state index contributed by atoms with van der Waals surface area (Å²) in [5.41, 5.74) is 1.22. The minimum absolute atomic E-state index is 0.305. The van der Waals surface area contributed by atoms with Gasteiger partial charge in [0.1, 0.15) is 5.82 Å². The summed E-state index contributed by atoms with van der Waals surface area (Å²) in [6, 6.07) is 13.7. The number of hydrogen-bond acceptors (Lipinski definition) is 0. The largest absolute Gasteiger partial charge is 0.206 e. The first-order valence-electron chi connectivity index (χ1n) is 5.89. The fourth-order valence-corrected chi connectivity index (χ4v) is 3.26. The maximum atomic E-state index is 14.2. The molecule has 0 saturated carbocycles. The predicted molar refractivity (Wildman–Crippen MR) is 84.4 cm³/mol. The van der Waals surface area contributed by atoms with E-state index >= 15 is 0 Å². The van der Waals surface area contributed by atoms with E-state index in [0.717, 1.165) is 5.39 Å². The van der Waals surface area contributed by atoms with Crippen LogP contribution in [0.1, 0.15) is 0 Å². The van der Waals surface area contributed by atoms with Gasteiger partial charge in [-0.15, -0.1) is 0 Å². The summed E-state index contributed by atoms with van der Waals surface area (Å²) in [5, 5.41) is 2.61. The molecule has 0 N–H and O–H groups in total. The fraction of sp³-hybridized carbons (Fsp3) is 0. The minimum Gasteiger partial charge on any atom is -0.206 e. The normalized spacial score (nSPS) is 11.0. The second-order valence-electron chi connectivity index (χ2n) is 4.42. The number of hydrogen-bond donors (Lipinski definition) is 0. The van der Waals surface area contributed by atoms with Crippen LogP contribution in [-0.2, 0) is 0 Å². The molecule has 4 heteroatoms. The van der Waals surface area contributed by atoms with Crippen LogP contribution in [0.25, 0.3) is 21.9 Å². The molecular weight excluding hydrogens is 318 g/mol. The Morgan fingerprint density at radius 3 is 2.15 bits per heavy atom. The van der Waals surface area contributed by atoms with Crippen molar-refractivity contribution in [3.05, 3.63) is 69.4 Å². The topological polar surface area (TPSA) is 0 Å². The van der Waals surface area contributed by atoms with Crippen LogP contribution in [0.2, 0.25) is 15.1 Å². The second-order valence-corrected chi connectivity index (χ2v) is 5.67. The summed E-state index contributed by atoms with van der Waals surface area (Å²) in [7, 11) is 0. The minimum atomic E-state index is -0.305. The zero-order chi connectivity index (χ0) is 14.3. The van der Waals surface area contributed by atoms with Crippen molar-refractivity contribution in [2.45, 2.75) is 0 Å². The molecule has 0 aliphatic carbocycles. The van der Waals surface area contributed by atoms with Gasteiger partial charge in [-0.3, -0.25) is 0 Å². The van der Waals surface area contributed by atoms with Gasteiger partial charge in [-0.1, -0.05) is 59.1 Å². The van der Waals surface area contributed by atoms with Crippen LogP contribution in [0.4, 0.5) is 4.39 Å². The lowest BCUT2D eigenvalue weighted by atomic mass is 10.0. The summed E-state index contributed by atoms with van der Waals surface area (Å²) in [6.07, 6.45) is 0. The molecule has 20 heavy (non-hydrogen) atoms. The Hall–Kier alpha value is -1.28. The van der Waals surface area contributed by atoms with Gasteiger partial charge in [0.05, 0.1) is 10.0 Å². The summed E-state index contributed by atoms with van der Waals surface area (Å²) >= 11 is 18.3. The van der Waals surface area contributed by atoms with Gasteiger partial charge < -0.3 is 0 Å². The third kappa shape index (κ3) is 2.37. The molecule has 0 aliphatic heterocycles. The molecule has 0 nitrogen and oxygen atoms in total. The molecule has 0 aliphatic rings. The van der Waals surface area contributed by atoms with E-state index < -0.39 is 0 Å². The number of fused-ring (bicyclic) bond motifs is 1. The monoisotopic (exact) mass is 324 g/mol. The maximum Gasteiger partial charge on any atom is 0.131 e. The van der Waals surface area contributed by atoms with E-state index in [1.807, 2.05) is 18.2 Å². The quantitative estimate of drug-likeness (QED) is 0.472. The molecule has 3 aromatic carbocycles. The lowest BCUT2D eigenvalue weighted by Crippen LogP contribution is -1.86. The lowest BCUT2D eigenvalue weighted by molar-refractivity contribution is 0.640. The molecule has 0 spiro atoms. The SMILES string of the molecule is Fc1cc(-c2c(Cl)cc(Cl)cc2Cl)cc2ccccc12. The van der Waals surface area contributed by atoms with Crippen molar-refractivity contribution < 1.29 is 4.39 Å². The van der Waals surface area contributed by atoms with Gasteiger partial charge in [-0.2, -0.15) is 0 Å². The molecule has 0 atom stereocenters. The Bertz CT molecular complexity index is 789. The van der Waals surface area contributed by atoms with Crippen molar-refractivity contribution in [2.75, 3.05) is 0 Å². The van der Waals surface area contributed by atoms with Gasteiger partial charge in [0.25, 0.3) is 0 Å². The van der Waals surface area contributed by atoms with Gasteiger partial charge in [-0.05, 0) is 35.2 Å². The molecule has 0 heterocycles. The van der Waals surface area contributed by atoms with E-state index in [4.69, 9.17) is 34.8 Å². The Balaban J connectivity index is 2.30. The molecule has 100 valence electrons. The average Bonchev–Trinajstić information content (AvgIpc) is 2.37. The molecule has 0 saturated heterocycles. The highest BCUT2D eigenvalue weighted by molar-refractivity contribution is 6.41. The van der Waals surface area contributed by atoms with Crippen LogP contribution in [0.15, 0.2) is 48.5 Å². The molecule has 0 fully saturated rings. The van der Waals surface area contributed by atoms with Crippen molar-refractivity contribution in [3.63, 3.8) is 0 Å². The zero-order valence-electron chi connectivity index (χ0n) is 10.1. The van der Waals surface area contributed by atoms with E-state index in [2.05, 4.69) is 0 Å². The predicted octanol–water partition coefficient (Wildman–Crippen LogP) is 6.61. The highest BCUT2D eigenvalue weighted by atomic mass is 35.5. The van der Waals surface area contributed by atoms with Gasteiger partial charge in [0.15, 0.2) is 0 Å². The van der Waals surface area contributed by atoms with Crippen LogP contribution in [0.5, 0.6) is 0 Å². The molecule has 0 amide bonds. The number of rotatable bonds is 1. The van der Waals surface area contributed by atoms with Crippen LogP contribution < -0.4 is 0 Å². The molecule has 0 unspecified atom stereocenters. The van der Waals surface area contributed by atoms with Crippen molar-refractivity contribution in [1.29, 1.82) is 0 Å². The van der Waals surface area contributed by atoms with E-state index in [-0.39, 0.29) is 5.82 Å². The van der Waals surface area contributed by atoms with Crippen LogP contribution in [-0.4, -0.2) is 0 Å². The van der Waals surface area contributed by atoms with Crippen molar-refractivity contribution >= 4 is 45.6 Å². The fourth-order valence-electron chi connectivity index (χ4n) is 2.23. The first-order valence-corrected chi connectivity index (χ1v) is 7.03. The van der Waals surface area contributed by atoms with Crippen molar-refractivity contribution in [3.8, 4) is 11.1 Å². The van der Waals surface area contributed by atoms with Crippen LogP contribution in [0, 0.1) is 5.82 Å². The highest BCUT2D eigenvalue weighted by Crippen LogP contribution is 2.38. The smallest absolute Gasteiger partial charge is 0.131 e. The highest BCUT2D eigenvalue weighted by Gasteiger charge is 2.12. The maximum absolute atomic E-state index is 14.2. The second kappa shape index (κ2) is 5.25. The van der Waals surface area contributed by atoms with E-state index in [1.165, 1.54) is 6.07 Å². The molecule has 3 aromatic rings. The zero-order valence-corrected chi connectivity index (χ0v) is 12.4. The van der Waals surface area contributed by atoms with Gasteiger partial charge in [-0.25, -0.2) is 4.39 Å². The van der Waals surface area contributed by atoms with E-state index in [0.29, 0.717) is 31.6 Å². The summed E-state index contributed by atoms with van der Waals surface area (Å²) in [4.78, 5) is 0. The Morgan fingerprint density at radius 1 is 0.800 bits per heavy atom. The Labute approximate surface area is 130 Å². The Kier molecular flexibility index (Phi) is 3.59. The van der Waals surface area contributed by atoms with E-state index in [9.17, 15) is 4.39 Å². The molecule has 0 bridgehead atoms. The molecule has 0 aromatic heterocycles. The molecule has 3 rings (SSSR count).